The molecule has 0 fully saturated rings. The number of carbonyl (C=O) groups excluding carboxylic acids is 4. The second-order valence-electron chi connectivity index (χ2n) is 5.84. The first-order valence-corrected chi connectivity index (χ1v) is 9.60. The Morgan fingerprint density at radius 2 is 1.70 bits per heavy atom. The van der Waals surface area contributed by atoms with Crippen molar-refractivity contribution in [3.63, 3.8) is 0 Å². The van der Waals surface area contributed by atoms with Crippen LogP contribution in [-0.2, 0) is 38.2 Å². The number of aliphatic carboxylic acids is 2. The number of hydrogen-bond acceptors (Lipinski definition) is 10. The van der Waals surface area contributed by atoms with Crippen molar-refractivity contribution in [1.29, 1.82) is 0 Å². The molecule has 0 saturated heterocycles. The van der Waals surface area contributed by atoms with Gasteiger partial charge in [-0.3, -0.25) is 28.8 Å². The number of carbonyl (C=O) groups is 6. The Morgan fingerprint density at radius 3 is 2.20 bits per heavy atom. The summed E-state index contributed by atoms with van der Waals surface area (Å²) in [5.74, 6) is -5.82. The SMILES string of the molecule is COC(=O)CC(SC[C@H](NC(=O)CC[C@H](N)C(=O)O)C(=O)NCC(=O)O)C(=O)OC. The van der Waals surface area contributed by atoms with Crippen LogP contribution in [0.4, 0.5) is 0 Å². The molecule has 0 aliphatic rings. The third-order valence-corrected chi connectivity index (χ3v) is 4.86. The standard InChI is InChI=1S/C16H25N3O10S/c1-28-13(23)5-10(16(27)29-2)30-7-9(14(24)18-6-12(21)22)19-11(20)4-3-8(17)15(25)26/h8-10H,3-7,17H2,1-2H3,(H,18,24)(H,19,20)(H,21,22)(H,25,26)/t8-,9-,10?/m0/s1. The molecule has 6 N–H and O–H groups in total. The lowest BCUT2D eigenvalue weighted by molar-refractivity contribution is -0.146. The molecule has 0 aliphatic heterocycles. The predicted molar refractivity (Wildman–Crippen MR) is 102 cm³/mol. The summed E-state index contributed by atoms with van der Waals surface area (Å²) in [7, 11) is 2.24. The highest BCUT2D eigenvalue weighted by atomic mass is 32.2. The summed E-state index contributed by atoms with van der Waals surface area (Å²) in [6.07, 6.45) is -0.840. The first kappa shape index (κ1) is 27.1. The first-order valence-electron chi connectivity index (χ1n) is 8.55. The Balaban J connectivity index is 5.13. The van der Waals surface area contributed by atoms with Gasteiger partial charge < -0.3 is 36.1 Å². The molecular weight excluding hydrogens is 426 g/mol. The second kappa shape index (κ2) is 14.2. The molecule has 0 aromatic rings. The van der Waals surface area contributed by atoms with Crippen LogP contribution in [0, 0.1) is 0 Å². The molecule has 0 rings (SSSR count). The zero-order valence-corrected chi connectivity index (χ0v) is 17.2. The molecular formula is C16H25N3O10S. The summed E-state index contributed by atoms with van der Waals surface area (Å²) in [5, 5.41) is 20.8. The van der Waals surface area contributed by atoms with Gasteiger partial charge in [0.25, 0.3) is 0 Å². The number of esters is 2. The Kier molecular flexibility index (Phi) is 12.8. The minimum atomic E-state index is -1.31. The van der Waals surface area contributed by atoms with E-state index in [1.165, 1.54) is 0 Å². The third kappa shape index (κ3) is 11.2. The number of rotatable bonds is 14. The number of thioether (sulfide) groups is 1. The van der Waals surface area contributed by atoms with Crippen molar-refractivity contribution >= 4 is 47.5 Å². The molecule has 13 nitrogen and oxygen atoms in total. The van der Waals surface area contributed by atoms with E-state index in [9.17, 15) is 28.8 Å². The molecule has 0 aromatic heterocycles. The topological polar surface area (TPSA) is 211 Å². The molecule has 0 spiro atoms. The van der Waals surface area contributed by atoms with Gasteiger partial charge in [0.05, 0.1) is 20.6 Å². The van der Waals surface area contributed by atoms with Gasteiger partial charge >= 0.3 is 23.9 Å². The second-order valence-corrected chi connectivity index (χ2v) is 7.08. The predicted octanol–water partition coefficient (Wildman–Crippen LogP) is -2.30. The highest BCUT2D eigenvalue weighted by Crippen LogP contribution is 2.18. The van der Waals surface area contributed by atoms with Crippen LogP contribution in [-0.4, -0.2) is 89.8 Å². The molecule has 14 heteroatoms. The maximum Gasteiger partial charge on any atom is 0.322 e. The quantitative estimate of drug-likeness (QED) is 0.176. The molecule has 0 saturated carbocycles. The van der Waals surface area contributed by atoms with Crippen LogP contribution in [0.1, 0.15) is 19.3 Å². The average molecular weight is 451 g/mol. The molecule has 3 atom stereocenters. The van der Waals surface area contributed by atoms with Gasteiger partial charge in [-0.05, 0) is 6.42 Å². The maximum atomic E-state index is 12.2. The summed E-state index contributed by atoms with van der Waals surface area (Å²) >= 11 is 0.823. The van der Waals surface area contributed by atoms with Gasteiger partial charge in [-0.15, -0.1) is 11.8 Å². The molecule has 0 radical (unpaired) electrons. The summed E-state index contributed by atoms with van der Waals surface area (Å²) in [6.45, 7) is -0.706. The van der Waals surface area contributed by atoms with E-state index in [0.29, 0.717) is 0 Å². The lowest BCUT2D eigenvalue weighted by Crippen LogP contribution is -2.50. The van der Waals surface area contributed by atoms with E-state index >= 15 is 0 Å². The summed E-state index contributed by atoms with van der Waals surface area (Å²) in [6, 6.07) is -2.54. The fraction of sp³-hybridized carbons (Fsp3) is 0.625. The van der Waals surface area contributed by atoms with Crippen molar-refractivity contribution in [1.82, 2.24) is 10.6 Å². The number of methoxy groups -OCH3 is 2. The van der Waals surface area contributed by atoms with Crippen LogP contribution in [0.5, 0.6) is 0 Å². The monoisotopic (exact) mass is 451 g/mol. The van der Waals surface area contributed by atoms with E-state index in [1.54, 1.807) is 0 Å². The number of nitrogens with one attached hydrogen (secondary N) is 2. The lowest BCUT2D eigenvalue weighted by atomic mass is 10.1. The summed E-state index contributed by atoms with van der Waals surface area (Å²) < 4.78 is 9.09. The summed E-state index contributed by atoms with van der Waals surface area (Å²) in [5.41, 5.74) is 5.32. The normalized spacial score (nSPS) is 13.3. The number of nitrogens with two attached hydrogens (primary N) is 1. The van der Waals surface area contributed by atoms with E-state index in [-0.39, 0.29) is 25.0 Å². The van der Waals surface area contributed by atoms with Crippen molar-refractivity contribution in [3.8, 4) is 0 Å². The Bertz CT molecular complexity index is 657. The molecule has 0 aliphatic carbocycles. The Hall–Kier alpha value is -2.87. The number of ether oxygens (including phenoxy) is 2. The smallest absolute Gasteiger partial charge is 0.322 e. The molecule has 2 amide bonds. The fourth-order valence-electron chi connectivity index (χ4n) is 1.93. The van der Waals surface area contributed by atoms with Crippen molar-refractivity contribution in [2.24, 2.45) is 5.73 Å². The molecule has 1 unspecified atom stereocenters. The van der Waals surface area contributed by atoms with Gasteiger partial charge in [-0.25, -0.2) is 0 Å². The highest BCUT2D eigenvalue weighted by Gasteiger charge is 2.28. The van der Waals surface area contributed by atoms with Crippen LogP contribution in [0.2, 0.25) is 0 Å². The highest BCUT2D eigenvalue weighted by molar-refractivity contribution is 8.00. The van der Waals surface area contributed by atoms with Crippen LogP contribution in [0.15, 0.2) is 0 Å². The van der Waals surface area contributed by atoms with Crippen molar-refractivity contribution in [3.05, 3.63) is 0 Å². The van der Waals surface area contributed by atoms with Gasteiger partial charge in [-0.1, -0.05) is 0 Å². The van der Waals surface area contributed by atoms with Crippen molar-refractivity contribution in [2.45, 2.75) is 36.6 Å². The number of hydrogen-bond donors (Lipinski definition) is 5. The average Bonchev–Trinajstić information content (AvgIpc) is 2.70. The van der Waals surface area contributed by atoms with E-state index in [0.717, 1.165) is 26.0 Å². The van der Waals surface area contributed by atoms with E-state index < -0.39 is 59.6 Å². The van der Waals surface area contributed by atoms with Crippen LogP contribution in [0.25, 0.3) is 0 Å². The minimum absolute atomic E-state index is 0.190. The van der Waals surface area contributed by atoms with Gasteiger partial charge in [0.15, 0.2) is 0 Å². The van der Waals surface area contributed by atoms with Crippen molar-refractivity contribution < 1.29 is 48.5 Å². The van der Waals surface area contributed by atoms with Gasteiger partial charge in [0.2, 0.25) is 11.8 Å². The molecule has 30 heavy (non-hydrogen) atoms. The molecule has 0 heterocycles. The lowest BCUT2D eigenvalue weighted by Gasteiger charge is -2.20. The van der Waals surface area contributed by atoms with Crippen LogP contribution < -0.4 is 16.4 Å². The molecule has 170 valence electrons. The van der Waals surface area contributed by atoms with E-state index in [1.807, 2.05) is 0 Å². The van der Waals surface area contributed by atoms with Crippen LogP contribution >= 0.6 is 11.8 Å². The van der Waals surface area contributed by atoms with E-state index in [2.05, 4.69) is 20.1 Å². The number of carboxylic acid groups (broad SMARTS) is 2. The van der Waals surface area contributed by atoms with Crippen molar-refractivity contribution in [2.75, 3.05) is 26.5 Å². The van der Waals surface area contributed by atoms with E-state index in [4.69, 9.17) is 15.9 Å². The largest absolute Gasteiger partial charge is 0.480 e. The molecule has 0 bridgehead atoms. The number of amides is 2. The Morgan fingerprint density at radius 1 is 1.07 bits per heavy atom. The number of carboxylic acids is 2. The molecule has 0 aromatic carbocycles. The minimum Gasteiger partial charge on any atom is -0.480 e. The fourth-order valence-corrected chi connectivity index (χ4v) is 3.08. The van der Waals surface area contributed by atoms with Gasteiger partial charge in [-0.2, -0.15) is 0 Å². The zero-order chi connectivity index (χ0) is 23.3. The Labute approximate surface area is 176 Å². The van der Waals surface area contributed by atoms with Crippen LogP contribution in [0.3, 0.4) is 0 Å². The zero-order valence-electron chi connectivity index (χ0n) is 16.4. The third-order valence-electron chi connectivity index (χ3n) is 3.57. The van der Waals surface area contributed by atoms with Gasteiger partial charge in [0.1, 0.15) is 23.9 Å². The maximum absolute atomic E-state index is 12.2. The van der Waals surface area contributed by atoms with Gasteiger partial charge in [0, 0.05) is 12.2 Å². The summed E-state index contributed by atoms with van der Waals surface area (Å²) in [4.78, 5) is 68.9. The first-order chi connectivity index (χ1) is 14.0.